The highest BCUT2D eigenvalue weighted by atomic mass is 16.7. The molecule has 1 aromatic carbocycles. The summed E-state index contributed by atoms with van der Waals surface area (Å²) in [5, 5.41) is 29.2. The molecule has 6 nitrogen and oxygen atoms in total. The lowest BCUT2D eigenvalue weighted by atomic mass is 9.99. The van der Waals surface area contributed by atoms with E-state index in [2.05, 4.69) is 0 Å². The predicted octanol–water partition coefficient (Wildman–Crippen LogP) is -0.343. The number of hydrogen-bond acceptors (Lipinski definition) is 6. The number of hydrogen-bond donors (Lipinski definition) is 3. The smallest absolute Gasteiger partial charge is 0.186 e. The minimum Gasteiger partial charge on any atom is -0.387 e. The van der Waals surface area contributed by atoms with Gasteiger partial charge >= 0.3 is 0 Å². The quantitative estimate of drug-likeness (QED) is 0.685. The summed E-state index contributed by atoms with van der Waals surface area (Å²) in [5.74, 6) is 0. The number of methoxy groups -OCH3 is 1. The molecule has 1 saturated heterocycles. The van der Waals surface area contributed by atoms with Crippen LogP contribution in [0.1, 0.15) is 5.56 Å². The SMILES string of the molecule is COC1OC(COCc2ccccc2)C(O)C(O)C1O. The van der Waals surface area contributed by atoms with Gasteiger partial charge in [-0.1, -0.05) is 30.3 Å². The van der Waals surface area contributed by atoms with Gasteiger partial charge in [0.05, 0.1) is 13.2 Å². The van der Waals surface area contributed by atoms with Crippen molar-refractivity contribution in [2.45, 2.75) is 37.3 Å². The molecule has 0 aliphatic carbocycles. The van der Waals surface area contributed by atoms with Crippen molar-refractivity contribution < 1.29 is 29.5 Å². The fourth-order valence-electron chi connectivity index (χ4n) is 2.12. The fourth-order valence-corrected chi connectivity index (χ4v) is 2.12. The number of benzene rings is 1. The highest BCUT2D eigenvalue weighted by Gasteiger charge is 2.43. The molecule has 0 spiro atoms. The van der Waals surface area contributed by atoms with Crippen LogP contribution in [-0.2, 0) is 20.8 Å². The second kappa shape index (κ2) is 7.12. The lowest BCUT2D eigenvalue weighted by Gasteiger charge is -2.39. The largest absolute Gasteiger partial charge is 0.387 e. The second-order valence-electron chi connectivity index (χ2n) is 4.75. The molecular weight excluding hydrogens is 264 g/mol. The third-order valence-corrected chi connectivity index (χ3v) is 3.29. The average Bonchev–Trinajstić information content (AvgIpc) is 2.48. The molecule has 5 atom stereocenters. The maximum Gasteiger partial charge on any atom is 0.186 e. The molecule has 2 rings (SSSR count). The maximum absolute atomic E-state index is 9.85. The van der Waals surface area contributed by atoms with Gasteiger partial charge in [0.2, 0.25) is 0 Å². The van der Waals surface area contributed by atoms with Crippen molar-refractivity contribution in [3.8, 4) is 0 Å². The molecule has 0 amide bonds. The van der Waals surface area contributed by atoms with Crippen LogP contribution in [0.5, 0.6) is 0 Å². The van der Waals surface area contributed by atoms with Gasteiger partial charge < -0.3 is 29.5 Å². The monoisotopic (exact) mass is 284 g/mol. The zero-order chi connectivity index (χ0) is 14.5. The molecule has 5 unspecified atom stereocenters. The fraction of sp³-hybridized carbons (Fsp3) is 0.571. The minimum atomic E-state index is -1.32. The zero-order valence-corrected chi connectivity index (χ0v) is 11.3. The molecule has 1 heterocycles. The van der Waals surface area contributed by atoms with Crippen molar-refractivity contribution in [1.82, 2.24) is 0 Å². The summed E-state index contributed by atoms with van der Waals surface area (Å²) in [6.07, 6.45) is -5.53. The van der Waals surface area contributed by atoms with E-state index in [1.54, 1.807) is 0 Å². The molecule has 112 valence electrons. The van der Waals surface area contributed by atoms with Gasteiger partial charge in [-0.2, -0.15) is 0 Å². The summed E-state index contributed by atoms with van der Waals surface area (Å²) in [5.41, 5.74) is 1.00. The van der Waals surface area contributed by atoms with Crippen LogP contribution in [0, 0.1) is 0 Å². The third-order valence-electron chi connectivity index (χ3n) is 3.29. The van der Waals surface area contributed by atoms with E-state index in [1.165, 1.54) is 7.11 Å². The molecule has 1 fully saturated rings. The Morgan fingerprint density at radius 1 is 1.05 bits per heavy atom. The molecule has 3 N–H and O–H groups in total. The Morgan fingerprint density at radius 2 is 1.75 bits per heavy atom. The Morgan fingerprint density at radius 3 is 2.40 bits per heavy atom. The predicted molar refractivity (Wildman–Crippen MR) is 69.8 cm³/mol. The topological polar surface area (TPSA) is 88.4 Å². The van der Waals surface area contributed by atoms with E-state index in [0.29, 0.717) is 6.61 Å². The van der Waals surface area contributed by atoms with Crippen molar-refractivity contribution in [3.05, 3.63) is 35.9 Å². The van der Waals surface area contributed by atoms with Crippen molar-refractivity contribution in [2.75, 3.05) is 13.7 Å². The first kappa shape index (κ1) is 15.4. The van der Waals surface area contributed by atoms with Gasteiger partial charge in [-0.3, -0.25) is 0 Å². The van der Waals surface area contributed by atoms with Crippen LogP contribution in [0.4, 0.5) is 0 Å². The van der Waals surface area contributed by atoms with Gasteiger partial charge in [-0.25, -0.2) is 0 Å². The van der Waals surface area contributed by atoms with E-state index in [4.69, 9.17) is 14.2 Å². The normalized spacial score (nSPS) is 34.1. The van der Waals surface area contributed by atoms with Crippen molar-refractivity contribution in [2.24, 2.45) is 0 Å². The molecule has 0 aromatic heterocycles. The van der Waals surface area contributed by atoms with Crippen LogP contribution in [0.2, 0.25) is 0 Å². The molecule has 1 aromatic rings. The lowest BCUT2D eigenvalue weighted by molar-refractivity contribution is -0.296. The molecule has 0 radical (unpaired) electrons. The average molecular weight is 284 g/mol. The van der Waals surface area contributed by atoms with Crippen molar-refractivity contribution in [1.29, 1.82) is 0 Å². The van der Waals surface area contributed by atoms with E-state index in [0.717, 1.165) is 5.56 Å². The summed E-state index contributed by atoms with van der Waals surface area (Å²) < 4.78 is 15.8. The van der Waals surface area contributed by atoms with Crippen LogP contribution < -0.4 is 0 Å². The Bertz CT molecular complexity index is 396. The first-order valence-corrected chi connectivity index (χ1v) is 6.47. The van der Waals surface area contributed by atoms with Crippen LogP contribution in [0.3, 0.4) is 0 Å². The van der Waals surface area contributed by atoms with E-state index in [9.17, 15) is 15.3 Å². The molecule has 0 bridgehead atoms. The number of rotatable bonds is 5. The van der Waals surface area contributed by atoms with Crippen LogP contribution in [-0.4, -0.2) is 59.7 Å². The first-order valence-electron chi connectivity index (χ1n) is 6.47. The summed E-state index contributed by atoms with van der Waals surface area (Å²) >= 11 is 0. The van der Waals surface area contributed by atoms with E-state index >= 15 is 0 Å². The van der Waals surface area contributed by atoms with E-state index in [-0.39, 0.29) is 6.61 Å². The third kappa shape index (κ3) is 3.54. The van der Waals surface area contributed by atoms with Gasteiger partial charge in [-0.15, -0.1) is 0 Å². The summed E-state index contributed by atoms with van der Waals surface area (Å²) in [6.45, 7) is 0.476. The molecule has 6 heteroatoms. The van der Waals surface area contributed by atoms with E-state index in [1.807, 2.05) is 30.3 Å². The number of ether oxygens (including phenoxy) is 3. The van der Waals surface area contributed by atoms with Crippen LogP contribution >= 0.6 is 0 Å². The zero-order valence-electron chi connectivity index (χ0n) is 11.3. The van der Waals surface area contributed by atoms with Crippen molar-refractivity contribution >= 4 is 0 Å². The number of aliphatic hydroxyl groups excluding tert-OH is 3. The molecule has 0 saturated carbocycles. The van der Waals surface area contributed by atoms with Crippen LogP contribution in [0.25, 0.3) is 0 Å². The maximum atomic E-state index is 9.85. The highest BCUT2D eigenvalue weighted by molar-refractivity contribution is 5.13. The van der Waals surface area contributed by atoms with Gasteiger partial charge in [0.1, 0.15) is 24.4 Å². The highest BCUT2D eigenvalue weighted by Crippen LogP contribution is 2.22. The van der Waals surface area contributed by atoms with E-state index < -0.39 is 30.7 Å². The minimum absolute atomic E-state index is 0.0969. The van der Waals surface area contributed by atoms with Gasteiger partial charge in [0.15, 0.2) is 6.29 Å². The standard InChI is InChI=1S/C14H20O6/c1-18-14-13(17)12(16)11(15)10(20-14)8-19-7-9-5-3-2-4-6-9/h2-6,10-17H,7-8H2,1H3. The molecule has 20 heavy (non-hydrogen) atoms. The Balaban J connectivity index is 1.85. The molecule has 1 aliphatic rings. The van der Waals surface area contributed by atoms with Gasteiger partial charge in [-0.05, 0) is 5.56 Å². The number of aliphatic hydroxyl groups is 3. The Labute approximate surface area is 117 Å². The molecular formula is C14H20O6. The Hall–Kier alpha value is -1.02. The van der Waals surface area contributed by atoms with Crippen LogP contribution in [0.15, 0.2) is 30.3 Å². The molecule has 1 aliphatic heterocycles. The summed E-state index contributed by atoms with van der Waals surface area (Å²) in [4.78, 5) is 0. The first-order chi connectivity index (χ1) is 9.63. The van der Waals surface area contributed by atoms with Gasteiger partial charge in [0.25, 0.3) is 0 Å². The Kier molecular flexibility index (Phi) is 5.47. The van der Waals surface area contributed by atoms with Crippen molar-refractivity contribution in [3.63, 3.8) is 0 Å². The lowest BCUT2D eigenvalue weighted by Crippen LogP contribution is -2.59. The second-order valence-corrected chi connectivity index (χ2v) is 4.75. The summed E-state index contributed by atoms with van der Waals surface area (Å²) in [7, 11) is 1.36. The summed E-state index contributed by atoms with van der Waals surface area (Å²) in [6, 6.07) is 9.58. The van der Waals surface area contributed by atoms with Gasteiger partial charge in [0, 0.05) is 7.11 Å².